The largest absolute Gasteiger partial charge is 0.396 e. The molecule has 1 saturated heterocycles. The molecule has 3 amide bonds. The lowest BCUT2D eigenvalue weighted by Crippen LogP contribution is -2.54. The Bertz CT molecular complexity index is 755. The monoisotopic (exact) mass is 477 g/mol. The van der Waals surface area contributed by atoms with E-state index in [0.717, 1.165) is 38.5 Å². The van der Waals surface area contributed by atoms with Crippen LogP contribution < -0.4 is 10.6 Å². The van der Waals surface area contributed by atoms with Crippen LogP contribution in [0, 0.1) is 29.1 Å². The van der Waals surface area contributed by atoms with E-state index in [2.05, 4.69) is 31.4 Å². The van der Waals surface area contributed by atoms with Crippen molar-refractivity contribution in [1.82, 2.24) is 15.5 Å². The predicted molar refractivity (Wildman–Crippen MR) is 135 cm³/mol. The molecule has 7 nitrogen and oxygen atoms in total. The molecule has 0 bridgehead atoms. The van der Waals surface area contributed by atoms with Gasteiger partial charge in [-0.2, -0.15) is 0 Å². The smallest absolute Gasteiger partial charge is 0.243 e. The molecular weight excluding hydrogens is 430 g/mol. The second-order valence-electron chi connectivity index (χ2n) is 11.9. The number of hydrogen-bond acceptors (Lipinski definition) is 4. The van der Waals surface area contributed by atoms with Crippen LogP contribution >= 0.6 is 0 Å². The molecule has 1 fully saturated rings. The molecule has 0 aromatic heterocycles. The lowest BCUT2D eigenvalue weighted by molar-refractivity contribution is -0.141. The number of aliphatic hydroxyl groups excluding tert-OH is 1. The molecule has 0 saturated carbocycles. The number of aliphatic hydroxyl groups is 1. The third-order valence-corrected chi connectivity index (χ3v) is 7.14. The zero-order valence-electron chi connectivity index (χ0n) is 22.3. The average Bonchev–Trinajstić information content (AvgIpc) is 3.02. The van der Waals surface area contributed by atoms with Gasteiger partial charge >= 0.3 is 0 Å². The van der Waals surface area contributed by atoms with Gasteiger partial charge in [-0.15, -0.1) is 0 Å². The topological polar surface area (TPSA) is 98.7 Å². The van der Waals surface area contributed by atoms with Crippen molar-refractivity contribution in [2.75, 3.05) is 20.2 Å². The molecule has 0 unspecified atom stereocenters. The summed E-state index contributed by atoms with van der Waals surface area (Å²) in [5.74, 6) is -1.67. The first-order valence-electron chi connectivity index (χ1n) is 13.0. The van der Waals surface area contributed by atoms with Crippen LogP contribution in [0.5, 0.6) is 0 Å². The zero-order valence-corrected chi connectivity index (χ0v) is 22.3. The van der Waals surface area contributed by atoms with Gasteiger partial charge in [0.25, 0.3) is 0 Å². The summed E-state index contributed by atoms with van der Waals surface area (Å²) in [5.41, 5.74) is -0.381. The summed E-state index contributed by atoms with van der Waals surface area (Å²) in [7, 11) is 1.61. The van der Waals surface area contributed by atoms with E-state index >= 15 is 0 Å². The maximum Gasteiger partial charge on any atom is 0.243 e. The predicted octanol–water partition coefficient (Wildman–Crippen LogP) is 3.27. The highest BCUT2D eigenvalue weighted by Gasteiger charge is 2.57. The van der Waals surface area contributed by atoms with Crippen molar-refractivity contribution in [3.05, 3.63) is 12.2 Å². The number of hydrogen-bond donors (Lipinski definition) is 3. The quantitative estimate of drug-likeness (QED) is 0.314. The molecule has 1 aliphatic carbocycles. The van der Waals surface area contributed by atoms with Crippen molar-refractivity contribution < 1.29 is 19.5 Å². The standard InChI is InChI=1S/C27H47N3O4/c1-8-18-13-14-19-21(20(18)23(32)28-7)25(34)30(15-11-9-10-12-16-31)22(19)24(33)29-27(5,6)17-26(2,3)4/h13-14,18-22,31H,8-12,15-17H2,1-7H3,(H,28,32)(H,29,33)/t18-,19+,20-,21-,22+/m1/s1. The first-order chi connectivity index (χ1) is 15.9. The number of nitrogens with one attached hydrogen (secondary N) is 2. The zero-order chi connectivity index (χ0) is 25.7. The maximum atomic E-state index is 13.8. The maximum absolute atomic E-state index is 13.8. The van der Waals surface area contributed by atoms with E-state index in [1.165, 1.54) is 0 Å². The van der Waals surface area contributed by atoms with Crippen LogP contribution in [0.4, 0.5) is 0 Å². The van der Waals surface area contributed by atoms with E-state index < -0.39 is 23.4 Å². The van der Waals surface area contributed by atoms with Crippen molar-refractivity contribution in [2.45, 2.75) is 91.6 Å². The van der Waals surface area contributed by atoms with Crippen molar-refractivity contribution in [3.8, 4) is 0 Å². The number of nitrogens with zero attached hydrogens (tertiary/aromatic N) is 1. The number of amides is 3. The fourth-order valence-electron chi connectivity index (χ4n) is 6.18. The highest BCUT2D eigenvalue weighted by Crippen LogP contribution is 2.45. The molecular formula is C27H47N3O4. The normalized spacial score (nSPS) is 27.0. The van der Waals surface area contributed by atoms with E-state index in [1.54, 1.807) is 11.9 Å². The first-order valence-corrected chi connectivity index (χ1v) is 13.0. The summed E-state index contributed by atoms with van der Waals surface area (Å²) in [4.78, 5) is 42.1. The summed E-state index contributed by atoms with van der Waals surface area (Å²) < 4.78 is 0. The molecule has 0 radical (unpaired) electrons. The molecule has 1 aliphatic heterocycles. The number of likely N-dealkylation sites (tertiary alicyclic amines) is 1. The van der Waals surface area contributed by atoms with Gasteiger partial charge in [-0.3, -0.25) is 14.4 Å². The van der Waals surface area contributed by atoms with Crippen LogP contribution in [0.3, 0.4) is 0 Å². The lowest BCUT2D eigenvalue weighted by atomic mass is 9.68. The molecule has 2 aliphatic rings. The number of carbonyl (C=O) groups excluding carboxylic acids is 3. The van der Waals surface area contributed by atoms with E-state index in [1.807, 2.05) is 32.9 Å². The Morgan fingerprint density at radius 3 is 2.24 bits per heavy atom. The molecule has 1 heterocycles. The molecule has 0 aromatic rings. The van der Waals surface area contributed by atoms with Crippen molar-refractivity contribution in [3.63, 3.8) is 0 Å². The van der Waals surface area contributed by atoms with Crippen LogP contribution in [0.2, 0.25) is 0 Å². The Kier molecular flexibility index (Phi) is 9.75. The second-order valence-corrected chi connectivity index (χ2v) is 11.9. The number of carbonyl (C=O) groups is 3. The summed E-state index contributed by atoms with van der Waals surface area (Å²) in [5, 5.41) is 15.0. The van der Waals surface area contributed by atoms with Gasteiger partial charge in [0.05, 0.1) is 11.8 Å². The molecule has 194 valence electrons. The minimum Gasteiger partial charge on any atom is -0.396 e. The minimum absolute atomic E-state index is 0.0179. The Morgan fingerprint density at radius 1 is 1.03 bits per heavy atom. The fraction of sp³-hybridized carbons (Fsp3) is 0.815. The molecule has 5 atom stereocenters. The van der Waals surface area contributed by atoms with Gasteiger partial charge in [-0.05, 0) is 50.9 Å². The third kappa shape index (κ3) is 6.83. The summed E-state index contributed by atoms with van der Waals surface area (Å²) in [6.07, 6.45) is 8.91. The average molecular weight is 478 g/mol. The fourth-order valence-corrected chi connectivity index (χ4v) is 6.18. The van der Waals surface area contributed by atoms with E-state index in [-0.39, 0.29) is 41.6 Å². The Balaban J connectivity index is 2.35. The first kappa shape index (κ1) is 28.3. The van der Waals surface area contributed by atoms with Gasteiger partial charge in [0, 0.05) is 31.7 Å². The Labute approximate surface area is 206 Å². The van der Waals surface area contributed by atoms with Gasteiger partial charge in [0.2, 0.25) is 17.7 Å². The Morgan fingerprint density at radius 2 is 1.68 bits per heavy atom. The SMILES string of the molecule is CC[C@@H]1C=C[C@H]2[C@@H](C(=O)N(CCCCCCO)[C@@H]2C(=O)NC(C)(C)CC(C)(C)C)[C@@H]1C(=O)NC. The molecule has 0 aromatic carbocycles. The summed E-state index contributed by atoms with van der Waals surface area (Å²) >= 11 is 0. The van der Waals surface area contributed by atoms with Crippen molar-refractivity contribution in [1.29, 1.82) is 0 Å². The van der Waals surface area contributed by atoms with Gasteiger partial charge in [0.15, 0.2) is 0 Å². The number of fused-ring (bicyclic) bond motifs is 1. The van der Waals surface area contributed by atoms with Crippen molar-refractivity contribution >= 4 is 17.7 Å². The molecule has 34 heavy (non-hydrogen) atoms. The van der Waals surface area contributed by atoms with Crippen LogP contribution in [0.25, 0.3) is 0 Å². The number of unbranched alkanes of at least 4 members (excludes halogenated alkanes) is 3. The van der Waals surface area contributed by atoms with E-state index in [0.29, 0.717) is 6.54 Å². The highest BCUT2D eigenvalue weighted by atomic mass is 16.3. The molecule has 0 spiro atoms. The molecule has 2 rings (SSSR count). The summed E-state index contributed by atoms with van der Waals surface area (Å²) in [6.45, 7) is 13.2. The highest BCUT2D eigenvalue weighted by molar-refractivity contribution is 5.97. The van der Waals surface area contributed by atoms with Crippen LogP contribution in [-0.4, -0.2) is 59.5 Å². The lowest BCUT2D eigenvalue weighted by Gasteiger charge is -2.37. The second kappa shape index (κ2) is 11.7. The van der Waals surface area contributed by atoms with E-state index in [4.69, 9.17) is 5.11 Å². The van der Waals surface area contributed by atoms with Gasteiger partial charge in [-0.25, -0.2) is 0 Å². The van der Waals surface area contributed by atoms with Crippen molar-refractivity contribution in [2.24, 2.45) is 29.1 Å². The Hall–Kier alpha value is -1.89. The van der Waals surface area contributed by atoms with Gasteiger partial charge in [0.1, 0.15) is 6.04 Å². The van der Waals surface area contributed by atoms with Crippen LogP contribution in [-0.2, 0) is 14.4 Å². The molecule has 3 N–H and O–H groups in total. The number of allylic oxidation sites excluding steroid dienone is 1. The third-order valence-electron chi connectivity index (χ3n) is 7.14. The van der Waals surface area contributed by atoms with Crippen LogP contribution in [0.15, 0.2) is 12.2 Å². The van der Waals surface area contributed by atoms with Gasteiger partial charge in [-0.1, -0.05) is 52.7 Å². The number of rotatable bonds is 11. The van der Waals surface area contributed by atoms with Gasteiger partial charge < -0.3 is 20.6 Å². The van der Waals surface area contributed by atoms with Crippen LogP contribution in [0.1, 0.15) is 80.1 Å². The minimum atomic E-state index is -0.615. The molecule has 7 heteroatoms. The van der Waals surface area contributed by atoms with E-state index in [9.17, 15) is 14.4 Å². The summed E-state index contributed by atoms with van der Waals surface area (Å²) in [6, 6.07) is -0.615.